The second-order valence-electron chi connectivity index (χ2n) is 5.72. The predicted molar refractivity (Wildman–Crippen MR) is 81.7 cm³/mol. The van der Waals surface area contributed by atoms with E-state index in [0.717, 1.165) is 28.5 Å². The topological polar surface area (TPSA) is 79.4 Å². The maximum Gasteiger partial charge on any atom is 0.228 e. The van der Waals surface area contributed by atoms with E-state index in [0.29, 0.717) is 5.95 Å². The van der Waals surface area contributed by atoms with Crippen molar-refractivity contribution < 1.29 is 0 Å². The third-order valence-corrected chi connectivity index (χ3v) is 4.96. The summed E-state index contributed by atoms with van der Waals surface area (Å²) in [7, 11) is 0. The Bertz CT molecular complexity index is 789. The Hall–Kier alpha value is -2.28. The normalized spacial score (nSPS) is 15.3. The number of aromatic amines is 1. The Morgan fingerprint density at radius 1 is 1.29 bits per heavy atom. The van der Waals surface area contributed by atoms with E-state index in [-0.39, 0.29) is 5.41 Å². The van der Waals surface area contributed by atoms with Crippen molar-refractivity contribution in [1.82, 2.24) is 25.1 Å². The van der Waals surface area contributed by atoms with Gasteiger partial charge in [-0.25, -0.2) is 15.0 Å². The molecular weight excluding hydrogens is 284 g/mol. The van der Waals surface area contributed by atoms with Crippen LogP contribution in [0.5, 0.6) is 0 Å². The highest BCUT2D eigenvalue weighted by Gasteiger charge is 2.35. The SMILES string of the molecule is CC1(C)Cc2[nH]ncc2-c2nc(Nc3ncccn3)sc21. The Balaban J connectivity index is 1.78. The van der Waals surface area contributed by atoms with Crippen LogP contribution in [0.15, 0.2) is 24.7 Å². The molecule has 4 rings (SSSR count). The van der Waals surface area contributed by atoms with E-state index in [1.165, 1.54) is 4.88 Å². The zero-order valence-electron chi connectivity index (χ0n) is 11.7. The maximum absolute atomic E-state index is 4.72. The van der Waals surface area contributed by atoms with Crippen LogP contribution in [-0.4, -0.2) is 25.1 Å². The van der Waals surface area contributed by atoms with Gasteiger partial charge in [-0.2, -0.15) is 5.10 Å². The Kier molecular flexibility index (Phi) is 2.58. The number of thiazole rings is 1. The van der Waals surface area contributed by atoms with Gasteiger partial charge in [-0.15, -0.1) is 11.3 Å². The average Bonchev–Trinajstić information content (AvgIpc) is 3.06. The fraction of sp³-hybridized carbons (Fsp3) is 0.286. The maximum atomic E-state index is 4.72. The molecule has 3 aromatic heterocycles. The fourth-order valence-corrected chi connectivity index (χ4v) is 3.72. The monoisotopic (exact) mass is 298 g/mol. The summed E-state index contributed by atoms with van der Waals surface area (Å²) >= 11 is 1.66. The minimum absolute atomic E-state index is 0.0456. The zero-order chi connectivity index (χ0) is 14.4. The van der Waals surface area contributed by atoms with E-state index in [2.05, 4.69) is 39.3 Å². The number of aromatic nitrogens is 5. The van der Waals surface area contributed by atoms with E-state index < -0.39 is 0 Å². The van der Waals surface area contributed by atoms with E-state index in [1.807, 2.05) is 6.20 Å². The summed E-state index contributed by atoms with van der Waals surface area (Å²) in [5.41, 5.74) is 3.31. The molecule has 0 radical (unpaired) electrons. The molecule has 0 fully saturated rings. The molecule has 2 N–H and O–H groups in total. The number of anilines is 2. The molecule has 1 aliphatic carbocycles. The van der Waals surface area contributed by atoms with Gasteiger partial charge in [0.05, 0.1) is 11.9 Å². The molecule has 0 bridgehead atoms. The Morgan fingerprint density at radius 2 is 2.10 bits per heavy atom. The smallest absolute Gasteiger partial charge is 0.228 e. The number of H-pyrrole nitrogens is 1. The molecule has 3 aromatic rings. The average molecular weight is 298 g/mol. The van der Waals surface area contributed by atoms with Crippen molar-refractivity contribution in [2.24, 2.45) is 0 Å². The summed E-state index contributed by atoms with van der Waals surface area (Å²) < 4.78 is 0. The van der Waals surface area contributed by atoms with E-state index in [9.17, 15) is 0 Å². The first-order valence-corrected chi connectivity index (χ1v) is 7.53. The number of hydrogen-bond donors (Lipinski definition) is 2. The van der Waals surface area contributed by atoms with Crippen molar-refractivity contribution in [3.63, 3.8) is 0 Å². The van der Waals surface area contributed by atoms with Gasteiger partial charge in [0.15, 0.2) is 5.13 Å². The third kappa shape index (κ3) is 2.01. The van der Waals surface area contributed by atoms with Crippen molar-refractivity contribution in [3.8, 4) is 11.3 Å². The Morgan fingerprint density at radius 3 is 2.90 bits per heavy atom. The lowest BCUT2D eigenvalue weighted by Gasteiger charge is -2.27. The molecule has 0 saturated carbocycles. The molecule has 0 unspecified atom stereocenters. The molecule has 1 aliphatic rings. The summed E-state index contributed by atoms with van der Waals surface area (Å²) in [6.07, 6.45) is 6.21. The second kappa shape index (κ2) is 4.36. The summed E-state index contributed by atoms with van der Waals surface area (Å²) in [6, 6.07) is 1.79. The van der Waals surface area contributed by atoms with Gasteiger partial charge in [-0.3, -0.25) is 5.10 Å². The summed E-state index contributed by atoms with van der Waals surface area (Å²) in [5.74, 6) is 0.564. The predicted octanol–water partition coefficient (Wildman–Crippen LogP) is 2.90. The number of hydrogen-bond acceptors (Lipinski definition) is 6. The summed E-state index contributed by atoms with van der Waals surface area (Å²) in [4.78, 5) is 14.3. The lowest BCUT2D eigenvalue weighted by Crippen LogP contribution is -2.23. The lowest BCUT2D eigenvalue weighted by atomic mass is 9.79. The van der Waals surface area contributed by atoms with Crippen LogP contribution < -0.4 is 5.32 Å². The molecule has 7 heteroatoms. The molecule has 0 aromatic carbocycles. The first-order valence-electron chi connectivity index (χ1n) is 6.71. The standard InChI is InChI=1S/C14H14N6S/c1-14(2)6-9-8(7-17-20-9)10-11(14)21-13(18-10)19-12-15-4-3-5-16-12/h3-5,7H,6H2,1-2H3,(H,17,20)(H,15,16,18,19). The molecule has 0 saturated heterocycles. The van der Waals surface area contributed by atoms with E-state index in [1.54, 1.807) is 29.8 Å². The van der Waals surface area contributed by atoms with E-state index >= 15 is 0 Å². The van der Waals surface area contributed by atoms with Gasteiger partial charge in [-0.1, -0.05) is 13.8 Å². The van der Waals surface area contributed by atoms with Crippen molar-refractivity contribution in [2.75, 3.05) is 5.32 Å². The number of nitrogens with one attached hydrogen (secondary N) is 2. The molecule has 3 heterocycles. The van der Waals surface area contributed by atoms with Crippen LogP contribution in [0.2, 0.25) is 0 Å². The van der Waals surface area contributed by atoms with Crippen LogP contribution in [0.25, 0.3) is 11.3 Å². The van der Waals surface area contributed by atoms with Gasteiger partial charge < -0.3 is 5.32 Å². The van der Waals surface area contributed by atoms with Gasteiger partial charge in [0, 0.05) is 33.9 Å². The van der Waals surface area contributed by atoms with Crippen LogP contribution >= 0.6 is 11.3 Å². The second-order valence-corrected chi connectivity index (χ2v) is 6.72. The highest BCUT2D eigenvalue weighted by molar-refractivity contribution is 7.16. The molecular formula is C14H14N6S. The van der Waals surface area contributed by atoms with Crippen molar-refractivity contribution in [2.45, 2.75) is 25.7 Å². The first-order chi connectivity index (χ1) is 10.1. The first kappa shape index (κ1) is 12.5. The fourth-order valence-electron chi connectivity index (χ4n) is 2.65. The summed E-state index contributed by atoms with van der Waals surface area (Å²) in [5, 5.41) is 11.2. The molecule has 0 aliphatic heterocycles. The van der Waals surface area contributed by atoms with Crippen molar-refractivity contribution in [1.29, 1.82) is 0 Å². The molecule has 0 spiro atoms. The zero-order valence-corrected chi connectivity index (χ0v) is 12.5. The van der Waals surface area contributed by atoms with Gasteiger partial charge >= 0.3 is 0 Å². The lowest BCUT2D eigenvalue weighted by molar-refractivity contribution is 0.519. The molecule has 21 heavy (non-hydrogen) atoms. The van der Waals surface area contributed by atoms with Crippen LogP contribution in [0, 0.1) is 0 Å². The summed E-state index contributed by atoms with van der Waals surface area (Å²) in [6.45, 7) is 4.47. The molecule has 0 amide bonds. The van der Waals surface area contributed by atoms with Gasteiger partial charge in [-0.05, 0) is 12.5 Å². The van der Waals surface area contributed by atoms with Crippen LogP contribution in [-0.2, 0) is 11.8 Å². The molecule has 6 nitrogen and oxygen atoms in total. The number of rotatable bonds is 2. The van der Waals surface area contributed by atoms with E-state index in [4.69, 9.17) is 4.98 Å². The largest absolute Gasteiger partial charge is 0.300 e. The minimum atomic E-state index is 0.0456. The van der Waals surface area contributed by atoms with Gasteiger partial charge in [0.2, 0.25) is 5.95 Å². The van der Waals surface area contributed by atoms with Crippen LogP contribution in [0.3, 0.4) is 0 Å². The van der Waals surface area contributed by atoms with Gasteiger partial charge in [0.1, 0.15) is 0 Å². The molecule has 106 valence electrons. The number of nitrogens with zero attached hydrogens (tertiary/aromatic N) is 4. The quantitative estimate of drug-likeness (QED) is 0.760. The highest BCUT2D eigenvalue weighted by atomic mass is 32.1. The highest BCUT2D eigenvalue weighted by Crippen LogP contribution is 2.46. The van der Waals surface area contributed by atoms with Crippen molar-refractivity contribution >= 4 is 22.4 Å². The van der Waals surface area contributed by atoms with Crippen LogP contribution in [0.1, 0.15) is 24.4 Å². The Labute approximate surface area is 125 Å². The molecule has 0 atom stereocenters. The number of fused-ring (bicyclic) bond motifs is 3. The third-order valence-electron chi connectivity index (χ3n) is 3.62. The van der Waals surface area contributed by atoms with Gasteiger partial charge in [0.25, 0.3) is 0 Å². The van der Waals surface area contributed by atoms with Crippen molar-refractivity contribution in [3.05, 3.63) is 35.2 Å². The van der Waals surface area contributed by atoms with Crippen LogP contribution in [0.4, 0.5) is 11.1 Å². The minimum Gasteiger partial charge on any atom is -0.300 e.